The van der Waals surface area contributed by atoms with Gasteiger partial charge in [0, 0.05) is 6.54 Å². The first-order valence-corrected chi connectivity index (χ1v) is 6.73. The molecule has 0 radical (unpaired) electrons. The molecule has 0 heterocycles. The van der Waals surface area contributed by atoms with Crippen LogP contribution in [0.25, 0.3) is 0 Å². The topological polar surface area (TPSA) is 41.6 Å². The highest BCUT2D eigenvalue weighted by Crippen LogP contribution is 2.20. The first-order chi connectivity index (χ1) is 9.14. The van der Waals surface area contributed by atoms with Crippen molar-refractivity contribution in [2.45, 2.75) is 44.8 Å². The second kappa shape index (κ2) is 8.46. The molecule has 7 heteroatoms. The summed E-state index contributed by atoms with van der Waals surface area (Å²) in [6.45, 7) is 4.73. The molecule has 0 fully saturated rings. The van der Waals surface area contributed by atoms with Gasteiger partial charge >= 0.3 is 12.1 Å². The van der Waals surface area contributed by atoms with Crippen molar-refractivity contribution in [3.05, 3.63) is 0 Å². The molecule has 4 nitrogen and oxygen atoms in total. The van der Waals surface area contributed by atoms with Gasteiger partial charge in [-0.1, -0.05) is 6.92 Å². The van der Waals surface area contributed by atoms with Crippen LogP contribution in [0.4, 0.5) is 13.2 Å². The maximum absolute atomic E-state index is 12.1. The van der Waals surface area contributed by atoms with Crippen molar-refractivity contribution in [2.75, 3.05) is 33.8 Å². The first-order valence-electron chi connectivity index (χ1n) is 6.73. The van der Waals surface area contributed by atoms with Gasteiger partial charge in [-0.05, 0) is 39.9 Å². The smallest absolute Gasteiger partial charge is 0.390 e. The number of carbonyl (C=O) groups is 1. The highest BCUT2D eigenvalue weighted by atomic mass is 19.4. The SMILES string of the molecule is CCNC(C)(CCCN(C)CCC(F)(F)F)C(=O)OC. The third-order valence-electron chi connectivity index (χ3n) is 3.20. The molecule has 0 aromatic rings. The van der Waals surface area contributed by atoms with Crippen LogP contribution in [-0.2, 0) is 9.53 Å². The van der Waals surface area contributed by atoms with E-state index >= 15 is 0 Å². The van der Waals surface area contributed by atoms with Crippen LogP contribution in [0.3, 0.4) is 0 Å². The van der Waals surface area contributed by atoms with Crippen molar-refractivity contribution in [3.8, 4) is 0 Å². The quantitative estimate of drug-likeness (QED) is 0.663. The fourth-order valence-electron chi connectivity index (χ4n) is 2.01. The largest absolute Gasteiger partial charge is 0.468 e. The van der Waals surface area contributed by atoms with Gasteiger partial charge in [0.25, 0.3) is 0 Å². The van der Waals surface area contributed by atoms with E-state index in [1.165, 1.54) is 7.11 Å². The lowest BCUT2D eigenvalue weighted by atomic mass is 9.95. The summed E-state index contributed by atoms with van der Waals surface area (Å²) in [6, 6.07) is 0. The van der Waals surface area contributed by atoms with Crippen LogP contribution in [0, 0.1) is 0 Å². The minimum Gasteiger partial charge on any atom is -0.468 e. The van der Waals surface area contributed by atoms with Gasteiger partial charge in [0.15, 0.2) is 0 Å². The van der Waals surface area contributed by atoms with Gasteiger partial charge in [-0.2, -0.15) is 13.2 Å². The van der Waals surface area contributed by atoms with E-state index in [1.807, 2.05) is 6.92 Å². The van der Waals surface area contributed by atoms with Gasteiger partial charge < -0.3 is 15.0 Å². The summed E-state index contributed by atoms with van der Waals surface area (Å²) in [5, 5.41) is 3.07. The van der Waals surface area contributed by atoms with Crippen molar-refractivity contribution in [1.29, 1.82) is 0 Å². The summed E-state index contributed by atoms with van der Waals surface area (Å²) in [7, 11) is 2.97. The van der Waals surface area contributed by atoms with Crippen LogP contribution in [0.2, 0.25) is 0 Å². The average Bonchev–Trinajstić information content (AvgIpc) is 2.34. The van der Waals surface area contributed by atoms with Crippen molar-refractivity contribution in [1.82, 2.24) is 10.2 Å². The molecule has 0 spiro atoms. The molecule has 0 rings (SSSR count). The van der Waals surface area contributed by atoms with E-state index in [2.05, 4.69) is 5.32 Å². The lowest BCUT2D eigenvalue weighted by Crippen LogP contribution is -2.50. The van der Waals surface area contributed by atoms with E-state index in [9.17, 15) is 18.0 Å². The number of methoxy groups -OCH3 is 1. The van der Waals surface area contributed by atoms with Gasteiger partial charge in [-0.15, -0.1) is 0 Å². The number of halogens is 3. The van der Waals surface area contributed by atoms with Crippen LogP contribution in [0.15, 0.2) is 0 Å². The number of hydrogen-bond donors (Lipinski definition) is 1. The maximum atomic E-state index is 12.1. The Morgan fingerprint density at radius 1 is 1.25 bits per heavy atom. The van der Waals surface area contributed by atoms with Gasteiger partial charge in [-0.25, -0.2) is 0 Å². The van der Waals surface area contributed by atoms with E-state index in [-0.39, 0.29) is 12.5 Å². The molecule has 20 heavy (non-hydrogen) atoms. The number of nitrogens with zero attached hydrogens (tertiary/aromatic N) is 1. The highest BCUT2D eigenvalue weighted by Gasteiger charge is 2.33. The molecule has 0 aliphatic rings. The molecule has 1 N–H and O–H groups in total. The zero-order chi connectivity index (χ0) is 15.8. The Kier molecular flexibility index (Phi) is 8.12. The second-order valence-electron chi connectivity index (χ2n) is 5.13. The van der Waals surface area contributed by atoms with E-state index in [0.29, 0.717) is 25.9 Å². The first kappa shape index (κ1) is 19.2. The van der Waals surface area contributed by atoms with Gasteiger partial charge in [0.2, 0.25) is 0 Å². The Balaban J connectivity index is 4.15. The molecular weight excluding hydrogens is 273 g/mol. The molecule has 0 bridgehead atoms. The maximum Gasteiger partial charge on any atom is 0.390 e. The summed E-state index contributed by atoms with van der Waals surface area (Å²) in [5.74, 6) is -0.350. The zero-order valence-electron chi connectivity index (χ0n) is 12.6. The van der Waals surface area contributed by atoms with Crippen LogP contribution in [-0.4, -0.2) is 56.4 Å². The molecule has 0 aliphatic carbocycles. The molecule has 1 atom stereocenters. The number of alkyl halides is 3. The van der Waals surface area contributed by atoms with Crippen molar-refractivity contribution >= 4 is 5.97 Å². The molecule has 0 aromatic heterocycles. The molecule has 0 amide bonds. The monoisotopic (exact) mass is 298 g/mol. The van der Waals surface area contributed by atoms with Crippen LogP contribution in [0.5, 0.6) is 0 Å². The predicted molar refractivity (Wildman–Crippen MR) is 71.5 cm³/mol. The lowest BCUT2D eigenvalue weighted by Gasteiger charge is -2.28. The summed E-state index contributed by atoms with van der Waals surface area (Å²) in [5.41, 5.74) is -0.783. The number of likely N-dealkylation sites (N-methyl/N-ethyl adjacent to an activating group) is 1. The van der Waals surface area contributed by atoms with Crippen LogP contribution in [0.1, 0.15) is 33.1 Å². The Labute approximate surface area is 118 Å². The molecule has 0 saturated carbocycles. The van der Waals surface area contributed by atoms with Crippen LogP contribution < -0.4 is 5.32 Å². The number of esters is 1. The molecular formula is C13H25F3N2O2. The van der Waals surface area contributed by atoms with E-state index in [4.69, 9.17) is 4.74 Å². The minimum atomic E-state index is -4.13. The average molecular weight is 298 g/mol. The number of rotatable bonds is 9. The van der Waals surface area contributed by atoms with Crippen molar-refractivity contribution < 1.29 is 22.7 Å². The van der Waals surface area contributed by atoms with E-state index in [0.717, 1.165) is 0 Å². The number of ether oxygens (including phenoxy) is 1. The summed E-state index contributed by atoms with van der Waals surface area (Å²) >= 11 is 0. The Hall–Kier alpha value is -0.820. The van der Waals surface area contributed by atoms with Crippen LogP contribution >= 0.6 is 0 Å². The number of nitrogens with one attached hydrogen (secondary N) is 1. The molecule has 0 aromatic carbocycles. The lowest BCUT2D eigenvalue weighted by molar-refractivity contribution is -0.148. The second-order valence-corrected chi connectivity index (χ2v) is 5.13. The summed E-state index contributed by atoms with van der Waals surface area (Å²) in [6.07, 6.45) is -3.81. The molecule has 120 valence electrons. The zero-order valence-corrected chi connectivity index (χ0v) is 12.6. The summed E-state index contributed by atoms with van der Waals surface area (Å²) < 4.78 is 41.0. The Morgan fingerprint density at radius 2 is 1.85 bits per heavy atom. The van der Waals surface area contributed by atoms with Crippen molar-refractivity contribution in [3.63, 3.8) is 0 Å². The third-order valence-corrected chi connectivity index (χ3v) is 3.20. The Bertz CT molecular complexity index is 298. The number of carbonyl (C=O) groups excluding carboxylic acids is 1. The summed E-state index contributed by atoms with van der Waals surface area (Å²) in [4.78, 5) is 13.3. The minimum absolute atomic E-state index is 0.0281. The molecule has 1 unspecified atom stereocenters. The third kappa shape index (κ3) is 7.69. The Morgan fingerprint density at radius 3 is 2.30 bits per heavy atom. The molecule has 0 saturated heterocycles. The fraction of sp³-hybridized carbons (Fsp3) is 0.923. The predicted octanol–water partition coefficient (Wildman–Crippen LogP) is 2.19. The van der Waals surface area contributed by atoms with Gasteiger partial charge in [0.05, 0.1) is 13.5 Å². The van der Waals surface area contributed by atoms with E-state index < -0.39 is 18.1 Å². The normalized spacial score (nSPS) is 15.2. The highest BCUT2D eigenvalue weighted by molar-refractivity contribution is 5.80. The fourth-order valence-corrected chi connectivity index (χ4v) is 2.01. The van der Waals surface area contributed by atoms with Gasteiger partial charge in [0.1, 0.15) is 5.54 Å². The number of hydrogen-bond acceptors (Lipinski definition) is 4. The molecule has 0 aliphatic heterocycles. The van der Waals surface area contributed by atoms with Crippen molar-refractivity contribution in [2.24, 2.45) is 0 Å². The van der Waals surface area contributed by atoms with Gasteiger partial charge in [-0.3, -0.25) is 4.79 Å². The van der Waals surface area contributed by atoms with E-state index in [1.54, 1.807) is 18.9 Å². The standard InChI is InChI=1S/C13H25F3N2O2/c1-5-17-12(2,11(19)20-4)7-6-9-18(3)10-8-13(14,15)16/h17H,5-10H2,1-4H3.